The Morgan fingerprint density at radius 3 is 2.35 bits per heavy atom. The largest absolute Gasteiger partial charge is 0.465 e. The molecule has 1 aromatic rings. The summed E-state index contributed by atoms with van der Waals surface area (Å²) in [6, 6.07) is 9.08. The fourth-order valence-electron chi connectivity index (χ4n) is 1.29. The summed E-state index contributed by atoms with van der Waals surface area (Å²) in [6.45, 7) is -0.145. The van der Waals surface area contributed by atoms with Crippen LogP contribution < -0.4 is 0 Å². The first-order chi connectivity index (χ1) is 8.19. The molecule has 4 nitrogen and oxygen atoms in total. The van der Waals surface area contributed by atoms with E-state index in [9.17, 15) is 9.59 Å². The number of Topliss-reactive ketones (excluding diaryl/α,β-unsaturated/α-hetero) is 1. The normalized spacial score (nSPS) is 11.1. The highest BCUT2D eigenvalue weighted by atomic mass is 16.5. The fourth-order valence-corrected chi connectivity index (χ4v) is 1.29. The zero-order valence-electron chi connectivity index (χ0n) is 9.80. The van der Waals surface area contributed by atoms with Crippen LogP contribution in [0, 0.1) is 0 Å². The molecule has 0 aliphatic rings. The summed E-state index contributed by atoms with van der Waals surface area (Å²) in [4.78, 5) is 23.1. The number of hydrogen-bond acceptors (Lipinski definition) is 4. The molecule has 0 aromatic heterocycles. The van der Waals surface area contributed by atoms with Gasteiger partial charge in [0, 0.05) is 7.11 Å². The maximum atomic E-state index is 11.7. The third-order valence-electron chi connectivity index (χ3n) is 2.09. The predicted molar refractivity (Wildman–Crippen MR) is 63.3 cm³/mol. The van der Waals surface area contributed by atoms with Gasteiger partial charge in [0.1, 0.15) is 12.2 Å². The Kier molecular flexibility index (Phi) is 5.10. The molecule has 0 unspecified atom stereocenters. The molecule has 0 atom stereocenters. The first kappa shape index (κ1) is 13.1. The Balaban J connectivity index is 3.02. The van der Waals surface area contributed by atoms with Crippen molar-refractivity contribution in [2.24, 2.45) is 0 Å². The quantitative estimate of drug-likeness (QED) is 0.335. The maximum absolute atomic E-state index is 11.7. The van der Waals surface area contributed by atoms with Crippen LogP contribution in [0.15, 0.2) is 35.9 Å². The van der Waals surface area contributed by atoms with Crippen LogP contribution in [0.3, 0.4) is 0 Å². The fraction of sp³-hybridized carbons (Fsp3) is 0.231. The van der Waals surface area contributed by atoms with Crippen LogP contribution in [0.2, 0.25) is 0 Å². The number of rotatable bonds is 5. The predicted octanol–water partition coefficient (Wildman–Crippen LogP) is 1.46. The molecule has 0 aliphatic carbocycles. The van der Waals surface area contributed by atoms with Crippen LogP contribution in [0.25, 0.3) is 6.08 Å². The van der Waals surface area contributed by atoms with E-state index in [1.807, 2.05) is 18.2 Å². The van der Waals surface area contributed by atoms with Gasteiger partial charge >= 0.3 is 5.97 Å². The van der Waals surface area contributed by atoms with Crippen molar-refractivity contribution in [3.05, 3.63) is 41.5 Å². The van der Waals surface area contributed by atoms with Crippen LogP contribution in [-0.2, 0) is 19.1 Å². The van der Waals surface area contributed by atoms with Crippen molar-refractivity contribution in [1.82, 2.24) is 0 Å². The number of carbonyl (C=O) groups is 2. The standard InChI is InChI=1S/C13H14O4/c1-16-9-12(14)11(13(15)17-2)8-10-6-4-3-5-7-10/h3-8H,9H2,1-2H3. The van der Waals surface area contributed by atoms with Crippen molar-refractivity contribution < 1.29 is 19.1 Å². The molecule has 0 heterocycles. The Bertz CT molecular complexity index is 420. The molecule has 0 fully saturated rings. The lowest BCUT2D eigenvalue weighted by atomic mass is 10.1. The molecule has 1 aromatic carbocycles. The molecule has 17 heavy (non-hydrogen) atoms. The molecule has 0 N–H and O–H groups in total. The summed E-state index contributed by atoms with van der Waals surface area (Å²) in [5, 5.41) is 0. The van der Waals surface area contributed by atoms with Crippen molar-refractivity contribution in [3.63, 3.8) is 0 Å². The summed E-state index contributed by atoms with van der Waals surface area (Å²) >= 11 is 0. The number of methoxy groups -OCH3 is 2. The summed E-state index contributed by atoms with van der Waals surface area (Å²) in [5.74, 6) is -1.06. The molecular formula is C13H14O4. The van der Waals surface area contributed by atoms with Gasteiger partial charge in [0.25, 0.3) is 0 Å². The van der Waals surface area contributed by atoms with Gasteiger partial charge in [-0.15, -0.1) is 0 Å². The molecule has 0 amide bonds. The molecule has 0 radical (unpaired) electrons. The average Bonchev–Trinajstić information content (AvgIpc) is 2.36. The van der Waals surface area contributed by atoms with Crippen LogP contribution in [0.1, 0.15) is 5.56 Å². The lowest BCUT2D eigenvalue weighted by molar-refractivity contribution is -0.138. The van der Waals surface area contributed by atoms with Crippen LogP contribution in [0.4, 0.5) is 0 Å². The highest BCUT2D eigenvalue weighted by molar-refractivity contribution is 6.21. The lowest BCUT2D eigenvalue weighted by Gasteiger charge is -2.04. The zero-order chi connectivity index (χ0) is 12.7. The Morgan fingerprint density at radius 2 is 1.82 bits per heavy atom. The van der Waals surface area contributed by atoms with Gasteiger partial charge in [-0.1, -0.05) is 30.3 Å². The highest BCUT2D eigenvalue weighted by Gasteiger charge is 2.18. The summed E-state index contributed by atoms with van der Waals surface area (Å²) in [5.41, 5.74) is 0.748. The minimum atomic E-state index is -0.657. The molecule has 4 heteroatoms. The van der Waals surface area contributed by atoms with Crippen molar-refractivity contribution >= 4 is 17.8 Å². The van der Waals surface area contributed by atoms with Gasteiger partial charge in [0.05, 0.1) is 7.11 Å². The van der Waals surface area contributed by atoms with Gasteiger partial charge in [-0.05, 0) is 11.6 Å². The van der Waals surface area contributed by atoms with E-state index in [1.54, 1.807) is 12.1 Å². The summed E-state index contributed by atoms with van der Waals surface area (Å²) in [6.07, 6.45) is 1.49. The van der Waals surface area contributed by atoms with E-state index in [0.29, 0.717) is 0 Å². The molecule has 0 bridgehead atoms. The third kappa shape index (κ3) is 3.85. The van der Waals surface area contributed by atoms with E-state index in [1.165, 1.54) is 20.3 Å². The topological polar surface area (TPSA) is 52.6 Å². The highest BCUT2D eigenvalue weighted by Crippen LogP contribution is 2.09. The SMILES string of the molecule is COCC(=O)C(=Cc1ccccc1)C(=O)OC. The van der Waals surface area contributed by atoms with Crippen molar-refractivity contribution in [2.45, 2.75) is 0 Å². The number of carbonyl (C=O) groups excluding carboxylic acids is 2. The minimum Gasteiger partial charge on any atom is -0.465 e. The van der Waals surface area contributed by atoms with E-state index >= 15 is 0 Å². The number of esters is 1. The zero-order valence-corrected chi connectivity index (χ0v) is 9.80. The van der Waals surface area contributed by atoms with E-state index < -0.39 is 11.8 Å². The average molecular weight is 234 g/mol. The third-order valence-corrected chi connectivity index (χ3v) is 2.09. The molecular weight excluding hydrogens is 220 g/mol. The molecule has 0 saturated heterocycles. The molecule has 0 spiro atoms. The van der Waals surface area contributed by atoms with Gasteiger partial charge in [-0.25, -0.2) is 4.79 Å². The Hall–Kier alpha value is -1.94. The summed E-state index contributed by atoms with van der Waals surface area (Å²) < 4.78 is 9.29. The van der Waals surface area contributed by atoms with Crippen LogP contribution in [0.5, 0.6) is 0 Å². The smallest absolute Gasteiger partial charge is 0.341 e. The second-order valence-corrected chi connectivity index (χ2v) is 3.32. The van der Waals surface area contributed by atoms with Crippen molar-refractivity contribution in [2.75, 3.05) is 20.8 Å². The van der Waals surface area contributed by atoms with Gasteiger partial charge in [-0.3, -0.25) is 4.79 Å². The lowest BCUT2D eigenvalue weighted by Crippen LogP contribution is -2.18. The van der Waals surface area contributed by atoms with Crippen molar-refractivity contribution in [3.8, 4) is 0 Å². The first-order valence-electron chi connectivity index (χ1n) is 5.06. The van der Waals surface area contributed by atoms with Gasteiger partial charge < -0.3 is 9.47 Å². The number of benzene rings is 1. The first-order valence-corrected chi connectivity index (χ1v) is 5.06. The van der Waals surface area contributed by atoms with E-state index in [0.717, 1.165) is 5.56 Å². The van der Waals surface area contributed by atoms with E-state index in [4.69, 9.17) is 4.74 Å². The Labute approximate surface area is 99.8 Å². The number of ether oxygens (including phenoxy) is 2. The minimum absolute atomic E-state index is 0.0134. The molecule has 90 valence electrons. The van der Waals surface area contributed by atoms with Crippen LogP contribution >= 0.6 is 0 Å². The van der Waals surface area contributed by atoms with Crippen LogP contribution in [-0.4, -0.2) is 32.6 Å². The van der Waals surface area contributed by atoms with E-state index in [-0.39, 0.29) is 12.2 Å². The second-order valence-electron chi connectivity index (χ2n) is 3.32. The molecule has 0 aliphatic heterocycles. The van der Waals surface area contributed by atoms with Crippen molar-refractivity contribution in [1.29, 1.82) is 0 Å². The monoisotopic (exact) mass is 234 g/mol. The number of ketones is 1. The summed E-state index contributed by atoms with van der Waals surface area (Å²) in [7, 11) is 2.64. The van der Waals surface area contributed by atoms with Gasteiger partial charge in [-0.2, -0.15) is 0 Å². The number of hydrogen-bond donors (Lipinski definition) is 0. The molecule has 1 rings (SSSR count). The maximum Gasteiger partial charge on any atom is 0.341 e. The van der Waals surface area contributed by atoms with Gasteiger partial charge in [0.2, 0.25) is 0 Å². The van der Waals surface area contributed by atoms with E-state index in [2.05, 4.69) is 4.74 Å². The Morgan fingerprint density at radius 1 is 1.18 bits per heavy atom. The molecule has 0 saturated carbocycles. The van der Waals surface area contributed by atoms with Gasteiger partial charge in [0.15, 0.2) is 5.78 Å². The second kappa shape index (κ2) is 6.60.